The molecular weight excluding hydrogens is 156 g/mol. The molecule has 0 saturated carbocycles. The Kier molecular flexibility index (Phi) is 5.04. The molecule has 1 atom stereocenters. The van der Waals surface area contributed by atoms with E-state index in [1.165, 1.54) is 0 Å². The van der Waals surface area contributed by atoms with Gasteiger partial charge in [0.25, 0.3) is 0 Å². The van der Waals surface area contributed by atoms with Crippen LogP contribution < -0.4 is 0 Å². The summed E-state index contributed by atoms with van der Waals surface area (Å²) in [5.74, 6) is -1.02. The van der Waals surface area contributed by atoms with Crippen LogP contribution in [0.15, 0.2) is 24.8 Å². The van der Waals surface area contributed by atoms with E-state index < -0.39 is 12.1 Å². The average Bonchev–Trinajstić information content (AvgIpc) is 2.03. The summed E-state index contributed by atoms with van der Waals surface area (Å²) in [5, 5.41) is 8.59. The minimum absolute atomic E-state index is 0.0803. The lowest BCUT2D eigenvalue weighted by Crippen LogP contribution is -2.20. The topological polar surface area (TPSA) is 46.5 Å². The maximum absolute atomic E-state index is 10.5. The Morgan fingerprint density at radius 2 is 2.33 bits per heavy atom. The number of rotatable bonds is 6. The largest absolute Gasteiger partial charge is 0.478 e. The first-order chi connectivity index (χ1) is 5.63. The number of hydrogen-bond donors (Lipinski definition) is 1. The lowest BCUT2D eigenvalue weighted by Gasteiger charge is -2.14. The molecule has 0 aliphatic heterocycles. The Morgan fingerprint density at radius 1 is 1.75 bits per heavy atom. The molecule has 0 amide bonds. The van der Waals surface area contributed by atoms with Gasteiger partial charge < -0.3 is 9.84 Å². The summed E-state index contributed by atoms with van der Waals surface area (Å²) in [4.78, 5) is 10.5. The van der Waals surface area contributed by atoms with Crippen molar-refractivity contribution in [2.75, 3.05) is 6.61 Å². The van der Waals surface area contributed by atoms with Crippen molar-refractivity contribution in [3.05, 3.63) is 24.8 Å². The van der Waals surface area contributed by atoms with Gasteiger partial charge in [-0.2, -0.15) is 0 Å². The molecule has 0 bridgehead atoms. The molecule has 3 heteroatoms. The van der Waals surface area contributed by atoms with Crippen molar-refractivity contribution in [2.24, 2.45) is 0 Å². The fraction of sp³-hybridized carbons (Fsp3) is 0.444. The number of hydrogen-bond acceptors (Lipinski definition) is 2. The first kappa shape index (κ1) is 10.9. The van der Waals surface area contributed by atoms with E-state index in [1.54, 1.807) is 6.08 Å². The zero-order valence-corrected chi connectivity index (χ0v) is 7.25. The van der Waals surface area contributed by atoms with Crippen molar-refractivity contribution in [3.63, 3.8) is 0 Å². The zero-order chi connectivity index (χ0) is 9.56. The van der Waals surface area contributed by atoms with Crippen LogP contribution in [0.3, 0.4) is 0 Å². The van der Waals surface area contributed by atoms with Gasteiger partial charge in [0.15, 0.2) is 0 Å². The number of carboxylic acids is 1. The molecule has 0 aliphatic rings. The van der Waals surface area contributed by atoms with Gasteiger partial charge in [-0.1, -0.05) is 12.7 Å². The van der Waals surface area contributed by atoms with Crippen molar-refractivity contribution in [2.45, 2.75) is 19.4 Å². The molecular formula is C9H14O3. The SMILES string of the molecule is C=CCC(OCC)C(=C)C(=O)O. The predicted molar refractivity (Wildman–Crippen MR) is 47.0 cm³/mol. The molecule has 0 rings (SSSR count). The fourth-order valence-corrected chi connectivity index (χ4v) is 0.801. The van der Waals surface area contributed by atoms with E-state index in [0.717, 1.165) is 0 Å². The van der Waals surface area contributed by atoms with Crippen LogP contribution in [0.25, 0.3) is 0 Å². The second kappa shape index (κ2) is 5.55. The Hall–Kier alpha value is -1.09. The molecule has 0 radical (unpaired) electrons. The number of aliphatic carboxylic acids is 1. The predicted octanol–water partition coefficient (Wildman–Crippen LogP) is 1.61. The van der Waals surface area contributed by atoms with Crippen molar-refractivity contribution >= 4 is 5.97 Å². The van der Waals surface area contributed by atoms with Crippen LogP contribution in [-0.4, -0.2) is 23.8 Å². The van der Waals surface area contributed by atoms with Crippen LogP contribution in [0.4, 0.5) is 0 Å². The quantitative estimate of drug-likeness (QED) is 0.486. The molecule has 0 fully saturated rings. The van der Waals surface area contributed by atoms with Crippen LogP contribution >= 0.6 is 0 Å². The smallest absolute Gasteiger partial charge is 0.333 e. The molecule has 0 saturated heterocycles. The Balaban J connectivity index is 4.17. The molecule has 1 N–H and O–H groups in total. The molecule has 0 spiro atoms. The lowest BCUT2D eigenvalue weighted by atomic mass is 10.1. The molecule has 3 nitrogen and oxygen atoms in total. The van der Waals surface area contributed by atoms with E-state index >= 15 is 0 Å². The summed E-state index contributed by atoms with van der Waals surface area (Å²) in [7, 11) is 0. The van der Waals surface area contributed by atoms with Gasteiger partial charge in [-0.3, -0.25) is 0 Å². The summed E-state index contributed by atoms with van der Waals surface area (Å²) >= 11 is 0. The summed E-state index contributed by atoms with van der Waals surface area (Å²) in [5.41, 5.74) is 0.0803. The summed E-state index contributed by atoms with van der Waals surface area (Å²) in [6.07, 6.45) is 1.66. The first-order valence-electron chi connectivity index (χ1n) is 3.78. The molecule has 1 unspecified atom stereocenters. The third-order valence-corrected chi connectivity index (χ3v) is 1.41. The molecule has 0 aromatic heterocycles. The van der Waals surface area contributed by atoms with Gasteiger partial charge >= 0.3 is 5.97 Å². The van der Waals surface area contributed by atoms with E-state index in [1.807, 2.05) is 6.92 Å². The monoisotopic (exact) mass is 170 g/mol. The van der Waals surface area contributed by atoms with Gasteiger partial charge in [-0.15, -0.1) is 6.58 Å². The number of ether oxygens (including phenoxy) is 1. The van der Waals surface area contributed by atoms with Crippen LogP contribution in [0.1, 0.15) is 13.3 Å². The van der Waals surface area contributed by atoms with Crippen LogP contribution in [0.5, 0.6) is 0 Å². The first-order valence-corrected chi connectivity index (χ1v) is 3.78. The van der Waals surface area contributed by atoms with E-state index in [-0.39, 0.29) is 5.57 Å². The Labute approximate surface area is 72.3 Å². The average molecular weight is 170 g/mol. The standard InChI is InChI=1S/C9H14O3/c1-4-6-8(12-5-2)7(3)9(10)11/h4,8H,1,3,5-6H2,2H3,(H,10,11). The minimum Gasteiger partial charge on any atom is -0.478 e. The van der Waals surface area contributed by atoms with Gasteiger partial charge in [-0.05, 0) is 13.3 Å². The highest BCUT2D eigenvalue weighted by Gasteiger charge is 2.16. The van der Waals surface area contributed by atoms with Crippen LogP contribution in [0, 0.1) is 0 Å². The maximum Gasteiger partial charge on any atom is 0.333 e. The van der Waals surface area contributed by atoms with Crippen LogP contribution in [-0.2, 0) is 9.53 Å². The van der Waals surface area contributed by atoms with Gasteiger partial charge in [0.05, 0.1) is 11.7 Å². The Morgan fingerprint density at radius 3 is 2.67 bits per heavy atom. The molecule has 0 heterocycles. The highest BCUT2D eigenvalue weighted by molar-refractivity contribution is 5.86. The van der Waals surface area contributed by atoms with Gasteiger partial charge in [0, 0.05) is 6.61 Å². The van der Waals surface area contributed by atoms with Crippen molar-refractivity contribution in [1.82, 2.24) is 0 Å². The van der Waals surface area contributed by atoms with E-state index in [2.05, 4.69) is 13.2 Å². The highest BCUT2D eigenvalue weighted by Crippen LogP contribution is 2.09. The van der Waals surface area contributed by atoms with Crippen LogP contribution in [0.2, 0.25) is 0 Å². The minimum atomic E-state index is -1.02. The summed E-state index contributed by atoms with van der Waals surface area (Å²) in [6, 6.07) is 0. The van der Waals surface area contributed by atoms with Gasteiger partial charge in [-0.25, -0.2) is 4.79 Å². The molecule has 0 aromatic rings. The van der Waals surface area contributed by atoms with Gasteiger partial charge in [0.2, 0.25) is 0 Å². The normalized spacial score (nSPS) is 12.1. The molecule has 12 heavy (non-hydrogen) atoms. The summed E-state index contributed by atoms with van der Waals surface area (Å²) < 4.78 is 5.15. The molecule has 0 aromatic carbocycles. The Bertz CT molecular complexity index is 184. The number of carboxylic acid groups (broad SMARTS) is 1. The van der Waals surface area contributed by atoms with Crippen molar-refractivity contribution in [3.8, 4) is 0 Å². The summed E-state index contributed by atoms with van der Waals surface area (Å²) in [6.45, 7) is 9.22. The highest BCUT2D eigenvalue weighted by atomic mass is 16.5. The fourth-order valence-electron chi connectivity index (χ4n) is 0.801. The zero-order valence-electron chi connectivity index (χ0n) is 7.25. The third kappa shape index (κ3) is 3.34. The maximum atomic E-state index is 10.5. The van der Waals surface area contributed by atoms with E-state index in [4.69, 9.17) is 9.84 Å². The number of carbonyl (C=O) groups is 1. The van der Waals surface area contributed by atoms with E-state index in [9.17, 15) is 4.79 Å². The van der Waals surface area contributed by atoms with E-state index in [0.29, 0.717) is 13.0 Å². The molecule has 0 aliphatic carbocycles. The second-order valence-corrected chi connectivity index (χ2v) is 2.30. The van der Waals surface area contributed by atoms with Gasteiger partial charge in [0.1, 0.15) is 0 Å². The van der Waals surface area contributed by atoms with Crippen molar-refractivity contribution in [1.29, 1.82) is 0 Å². The van der Waals surface area contributed by atoms with Crippen molar-refractivity contribution < 1.29 is 14.6 Å². The second-order valence-electron chi connectivity index (χ2n) is 2.30. The lowest BCUT2D eigenvalue weighted by molar-refractivity contribution is -0.134. The third-order valence-electron chi connectivity index (χ3n) is 1.41. The molecule has 68 valence electrons.